The van der Waals surface area contributed by atoms with Crippen molar-refractivity contribution in [2.45, 2.75) is 19.8 Å². The van der Waals surface area contributed by atoms with Crippen molar-refractivity contribution in [3.63, 3.8) is 0 Å². The van der Waals surface area contributed by atoms with Gasteiger partial charge in [0.25, 0.3) is 5.91 Å². The molecular weight excluding hydrogens is 368 g/mol. The summed E-state index contributed by atoms with van der Waals surface area (Å²) in [4.78, 5) is 14.2. The topological polar surface area (TPSA) is 57.7 Å². The number of hydrogen-bond acceptors (Lipinski definition) is 3. The van der Waals surface area contributed by atoms with Crippen molar-refractivity contribution in [3.8, 4) is 0 Å². The van der Waals surface area contributed by atoms with E-state index in [1.54, 1.807) is 11.0 Å². The normalized spacial score (nSPS) is 16.7. The van der Waals surface area contributed by atoms with Crippen LogP contribution in [-0.4, -0.2) is 55.5 Å². The minimum atomic E-state index is -3.18. The highest BCUT2D eigenvalue weighted by Crippen LogP contribution is 2.19. The Hall–Kier alpha value is -0.920. The highest BCUT2D eigenvalue weighted by molar-refractivity contribution is 9.10. The van der Waals surface area contributed by atoms with Crippen molar-refractivity contribution in [1.29, 1.82) is 0 Å². The molecule has 0 saturated carbocycles. The molecule has 1 aromatic carbocycles. The Morgan fingerprint density at radius 2 is 1.82 bits per heavy atom. The van der Waals surface area contributed by atoms with Crippen molar-refractivity contribution < 1.29 is 13.2 Å². The molecule has 0 aromatic heterocycles. The molecular formula is C15H21BrN2O3S. The molecule has 0 spiro atoms. The van der Waals surface area contributed by atoms with Gasteiger partial charge in [0.05, 0.1) is 11.3 Å². The fourth-order valence-electron chi connectivity index (χ4n) is 2.43. The summed E-state index contributed by atoms with van der Waals surface area (Å²) in [5, 5.41) is 0. The summed E-state index contributed by atoms with van der Waals surface area (Å²) in [6, 6.07) is 7.29. The predicted octanol–water partition coefficient (Wildman–Crippen LogP) is 2.34. The van der Waals surface area contributed by atoms with Crippen LogP contribution >= 0.6 is 15.9 Å². The van der Waals surface area contributed by atoms with E-state index >= 15 is 0 Å². The first kappa shape index (κ1) is 17.4. The van der Waals surface area contributed by atoms with Gasteiger partial charge in [0.15, 0.2) is 0 Å². The van der Waals surface area contributed by atoms with Gasteiger partial charge in [0, 0.05) is 30.7 Å². The van der Waals surface area contributed by atoms with Gasteiger partial charge in [-0.1, -0.05) is 25.5 Å². The van der Waals surface area contributed by atoms with Crippen molar-refractivity contribution in [1.82, 2.24) is 9.21 Å². The van der Waals surface area contributed by atoms with Crippen LogP contribution in [0.1, 0.15) is 30.1 Å². The zero-order valence-electron chi connectivity index (χ0n) is 12.7. The standard InChI is InChI=1S/C15H21BrN2O3S/c1-2-3-12-22(20,21)18-10-8-17(9-11-18)15(19)13-6-4-5-7-14(13)16/h4-7H,2-3,8-12H2,1H3. The largest absolute Gasteiger partial charge is 0.336 e. The molecule has 5 nitrogen and oxygen atoms in total. The fraction of sp³-hybridized carbons (Fsp3) is 0.533. The molecule has 1 aliphatic rings. The van der Waals surface area contributed by atoms with Gasteiger partial charge in [-0.05, 0) is 34.5 Å². The highest BCUT2D eigenvalue weighted by atomic mass is 79.9. The van der Waals surface area contributed by atoms with Gasteiger partial charge in [-0.3, -0.25) is 4.79 Å². The Labute approximate surface area is 140 Å². The third-order valence-electron chi connectivity index (χ3n) is 3.78. The smallest absolute Gasteiger partial charge is 0.255 e. The molecule has 22 heavy (non-hydrogen) atoms. The first-order valence-corrected chi connectivity index (χ1v) is 9.87. The van der Waals surface area contributed by atoms with E-state index in [4.69, 9.17) is 0 Å². The summed E-state index contributed by atoms with van der Waals surface area (Å²) in [7, 11) is -3.18. The number of amides is 1. The van der Waals surface area contributed by atoms with Crippen LogP contribution in [0.25, 0.3) is 0 Å². The van der Waals surface area contributed by atoms with Crippen LogP contribution in [0.15, 0.2) is 28.7 Å². The molecule has 1 amide bonds. The van der Waals surface area contributed by atoms with Gasteiger partial charge in [0.2, 0.25) is 10.0 Å². The van der Waals surface area contributed by atoms with Gasteiger partial charge < -0.3 is 4.90 Å². The number of carbonyl (C=O) groups excluding carboxylic acids is 1. The van der Waals surface area contributed by atoms with Crippen molar-refractivity contribution in [2.24, 2.45) is 0 Å². The van der Waals surface area contributed by atoms with Crippen LogP contribution < -0.4 is 0 Å². The van der Waals surface area contributed by atoms with E-state index in [2.05, 4.69) is 15.9 Å². The quantitative estimate of drug-likeness (QED) is 0.777. The van der Waals surface area contributed by atoms with Crippen molar-refractivity contribution in [2.75, 3.05) is 31.9 Å². The second-order valence-corrected chi connectivity index (χ2v) is 8.28. The molecule has 0 radical (unpaired) electrons. The third kappa shape index (κ3) is 4.08. The van der Waals surface area contributed by atoms with E-state index < -0.39 is 10.0 Å². The fourth-order valence-corrected chi connectivity index (χ4v) is 4.52. The average molecular weight is 389 g/mol. The number of nitrogens with zero attached hydrogens (tertiary/aromatic N) is 2. The molecule has 0 bridgehead atoms. The Kier molecular flexibility index (Phi) is 6.00. The highest BCUT2D eigenvalue weighted by Gasteiger charge is 2.29. The first-order chi connectivity index (χ1) is 10.5. The second kappa shape index (κ2) is 7.57. The molecule has 0 N–H and O–H groups in total. The van der Waals surface area contributed by atoms with E-state index in [1.165, 1.54) is 4.31 Å². The number of carbonyl (C=O) groups is 1. The van der Waals surface area contributed by atoms with Crippen LogP contribution in [0.2, 0.25) is 0 Å². The minimum Gasteiger partial charge on any atom is -0.336 e. The average Bonchev–Trinajstić information content (AvgIpc) is 2.53. The lowest BCUT2D eigenvalue weighted by molar-refractivity contribution is 0.0697. The molecule has 1 fully saturated rings. The van der Waals surface area contributed by atoms with E-state index in [9.17, 15) is 13.2 Å². The maximum Gasteiger partial charge on any atom is 0.255 e. The molecule has 0 atom stereocenters. The van der Waals surface area contributed by atoms with E-state index in [0.717, 1.165) is 10.9 Å². The van der Waals surface area contributed by atoms with Gasteiger partial charge >= 0.3 is 0 Å². The number of benzene rings is 1. The lowest BCUT2D eigenvalue weighted by Crippen LogP contribution is -2.51. The molecule has 1 aliphatic heterocycles. The van der Waals surface area contributed by atoms with Gasteiger partial charge in [-0.25, -0.2) is 8.42 Å². The Morgan fingerprint density at radius 1 is 1.18 bits per heavy atom. The minimum absolute atomic E-state index is 0.0573. The van der Waals surface area contributed by atoms with Crippen molar-refractivity contribution in [3.05, 3.63) is 34.3 Å². The predicted molar refractivity (Wildman–Crippen MR) is 90.3 cm³/mol. The molecule has 2 rings (SSSR count). The van der Waals surface area contributed by atoms with Crippen LogP contribution in [0.5, 0.6) is 0 Å². The van der Waals surface area contributed by atoms with E-state index in [-0.39, 0.29) is 11.7 Å². The van der Waals surface area contributed by atoms with Crippen LogP contribution in [0.3, 0.4) is 0 Å². The zero-order chi connectivity index (χ0) is 16.2. The van der Waals surface area contributed by atoms with Crippen LogP contribution in [0.4, 0.5) is 0 Å². The zero-order valence-corrected chi connectivity index (χ0v) is 15.1. The maximum absolute atomic E-state index is 12.5. The number of unbranched alkanes of at least 4 members (excludes halogenated alkanes) is 1. The first-order valence-electron chi connectivity index (χ1n) is 7.47. The summed E-state index contributed by atoms with van der Waals surface area (Å²) in [6.45, 7) is 3.60. The van der Waals surface area contributed by atoms with E-state index in [0.29, 0.717) is 38.2 Å². The number of sulfonamides is 1. The third-order valence-corrected chi connectivity index (χ3v) is 6.43. The van der Waals surface area contributed by atoms with E-state index in [1.807, 2.05) is 25.1 Å². The summed E-state index contributed by atoms with van der Waals surface area (Å²) in [5.41, 5.74) is 0.616. The summed E-state index contributed by atoms with van der Waals surface area (Å²) < 4.78 is 26.6. The number of piperazine rings is 1. The monoisotopic (exact) mass is 388 g/mol. The molecule has 122 valence electrons. The SMILES string of the molecule is CCCCS(=O)(=O)N1CCN(C(=O)c2ccccc2Br)CC1. The number of hydrogen-bond donors (Lipinski definition) is 0. The molecule has 1 saturated heterocycles. The molecule has 0 aliphatic carbocycles. The Balaban J connectivity index is 1.98. The molecule has 1 heterocycles. The summed E-state index contributed by atoms with van der Waals surface area (Å²) in [6.07, 6.45) is 1.54. The lowest BCUT2D eigenvalue weighted by Gasteiger charge is -2.34. The molecule has 7 heteroatoms. The number of halogens is 1. The van der Waals surface area contributed by atoms with Gasteiger partial charge in [0.1, 0.15) is 0 Å². The van der Waals surface area contributed by atoms with Crippen LogP contribution in [0, 0.1) is 0 Å². The summed E-state index contributed by atoms with van der Waals surface area (Å²) in [5.74, 6) is 0.139. The van der Waals surface area contributed by atoms with Gasteiger partial charge in [-0.15, -0.1) is 0 Å². The molecule has 0 unspecified atom stereocenters. The van der Waals surface area contributed by atoms with Crippen molar-refractivity contribution >= 4 is 31.9 Å². The second-order valence-electron chi connectivity index (χ2n) is 5.34. The maximum atomic E-state index is 12.5. The summed E-state index contributed by atoms with van der Waals surface area (Å²) >= 11 is 3.38. The Morgan fingerprint density at radius 3 is 2.41 bits per heavy atom. The lowest BCUT2D eigenvalue weighted by atomic mass is 10.2. The van der Waals surface area contributed by atoms with Crippen LogP contribution in [-0.2, 0) is 10.0 Å². The van der Waals surface area contributed by atoms with Gasteiger partial charge in [-0.2, -0.15) is 4.31 Å². The number of rotatable bonds is 5. The molecule has 1 aromatic rings. The Bertz CT molecular complexity index is 625.